The van der Waals surface area contributed by atoms with E-state index in [1.54, 1.807) is 0 Å². The smallest absolute Gasteiger partial charge is 0.348 e. The molecule has 250 valence electrons. The van der Waals surface area contributed by atoms with Crippen molar-refractivity contribution >= 4 is 11.4 Å². The molecule has 2 nitrogen and oxygen atoms in total. The minimum Gasteiger partial charge on any atom is -0.348 e. The Morgan fingerprint density at radius 2 is 1.15 bits per heavy atom. The van der Waals surface area contributed by atoms with Crippen LogP contribution in [0.3, 0.4) is 0 Å². The molecule has 3 heteroatoms. The molecule has 0 atom stereocenters. The molecule has 4 aromatic carbocycles. The summed E-state index contributed by atoms with van der Waals surface area (Å²) in [6.07, 6.45) is 14.2. The average molecular weight is 717 g/mol. The fraction of sp³-hybridized carbons (Fsp3) is 0.318. The third-order valence-electron chi connectivity index (χ3n) is 7.78. The van der Waals surface area contributed by atoms with Gasteiger partial charge < -0.3 is 19.4 Å². The molecule has 0 fully saturated rings. The predicted octanol–water partition coefficient (Wildman–Crippen LogP) is 11.9. The van der Waals surface area contributed by atoms with Crippen LogP contribution in [0, 0.1) is 13.8 Å². The van der Waals surface area contributed by atoms with Gasteiger partial charge in [0.05, 0.1) is 5.57 Å². The molecule has 0 N–H and O–H groups in total. The van der Waals surface area contributed by atoms with Crippen LogP contribution in [0.2, 0.25) is 0 Å². The monoisotopic (exact) mass is 716 g/mol. The maximum Gasteiger partial charge on any atom is 2.00 e. The van der Waals surface area contributed by atoms with Crippen LogP contribution in [0.1, 0.15) is 99.1 Å². The van der Waals surface area contributed by atoms with Gasteiger partial charge in [0.15, 0.2) is 0 Å². The molecule has 0 spiro atoms. The Hall–Kier alpha value is -3.56. The molecule has 0 saturated carbocycles. The van der Waals surface area contributed by atoms with Crippen LogP contribution in [-0.4, -0.2) is 10.7 Å². The molecule has 0 aromatic heterocycles. The van der Waals surface area contributed by atoms with Gasteiger partial charge >= 0.3 is 26.3 Å². The van der Waals surface area contributed by atoms with Crippen molar-refractivity contribution in [2.24, 2.45) is 0 Å². The van der Waals surface area contributed by atoms with Gasteiger partial charge in [-0.15, -0.1) is 4.79 Å². The van der Waals surface area contributed by atoms with E-state index in [4.69, 9.17) is 5.53 Å². The van der Waals surface area contributed by atoms with Gasteiger partial charge in [-0.1, -0.05) is 167 Å². The molecule has 0 bridgehead atoms. The number of rotatable bonds is 14. The number of unbranched alkanes of at least 4 members (excludes halogenated alkanes) is 4. The maximum atomic E-state index is 9.12. The Labute approximate surface area is 300 Å². The molecule has 0 aliphatic rings. The SMILES string of the molecule is CCCCCCc1cccc(C(=CC(=C=[N+]=[N-])CCCC)c2cccc(CC)c2)c1.[CH2-]Cc1ccccc1.[CH2-]Cc1ccccc1.[Pd+2]. The number of hydrogen-bond donors (Lipinski definition) is 0. The van der Waals surface area contributed by atoms with Crippen LogP contribution in [0.5, 0.6) is 0 Å². The van der Waals surface area contributed by atoms with Gasteiger partial charge in [-0.3, -0.25) is 0 Å². The van der Waals surface area contributed by atoms with Gasteiger partial charge in [0, 0.05) is 0 Å². The van der Waals surface area contributed by atoms with E-state index < -0.39 is 0 Å². The first kappa shape index (κ1) is 41.5. The summed E-state index contributed by atoms with van der Waals surface area (Å²) >= 11 is 0. The zero-order chi connectivity index (χ0) is 33.2. The second-order valence-corrected chi connectivity index (χ2v) is 11.4. The van der Waals surface area contributed by atoms with Gasteiger partial charge in [0.2, 0.25) is 0 Å². The molecule has 0 aliphatic heterocycles. The van der Waals surface area contributed by atoms with Crippen molar-refractivity contribution in [1.29, 1.82) is 0 Å². The van der Waals surface area contributed by atoms with Crippen LogP contribution in [0.4, 0.5) is 0 Å². The summed E-state index contributed by atoms with van der Waals surface area (Å²) < 4.78 is 0. The Balaban J connectivity index is 0.000000525. The number of allylic oxidation sites excluding steroid dienone is 2. The van der Waals surface area contributed by atoms with Crippen LogP contribution < -0.4 is 0 Å². The Bertz CT molecular complexity index is 1450. The van der Waals surface area contributed by atoms with Crippen molar-refractivity contribution in [2.75, 3.05) is 0 Å². The van der Waals surface area contributed by atoms with E-state index in [0.717, 1.165) is 50.5 Å². The molecule has 0 saturated heterocycles. The first-order chi connectivity index (χ1) is 22.6. The second-order valence-electron chi connectivity index (χ2n) is 11.4. The average Bonchev–Trinajstić information content (AvgIpc) is 3.12. The summed E-state index contributed by atoms with van der Waals surface area (Å²) in [6.45, 7) is 14.1. The standard InChI is InChI=1S/C28H36N2.2C8H9.Pd/c1-4-7-9-10-14-24-16-12-18-27(20-24)28(21-25(22-30-29)13-8-5-2)26-17-11-15-23(6-3)19-26;2*1-2-8-6-4-3-5-7-8;/h11-12,15-21H,4-10,13-14H2,1-3H3;2*3-7H,1-2H2;/q;2*-1;+2. The molecule has 47 heavy (non-hydrogen) atoms. The second kappa shape index (κ2) is 26.5. The molecule has 0 heterocycles. The predicted molar refractivity (Wildman–Crippen MR) is 200 cm³/mol. The number of nitrogens with zero attached hydrogens (tertiary/aromatic N) is 2. The molecule has 0 radical (unpaired) electrons. The fourth-order valence-electron chi connectivity index (χ4n) is 5.00. The number of hydrogen-bond acceptors (Lipinski definition) is 0. The minimum atomic E-state index is 0. The van der Waals surface area contributed by atoms with E-state index >= 15 is 0 Å². The van der Waals surface area contributed by atoms with Crippen LogP contribution in [0.15, 0.2) is 121 Å². The molecule has 0 amide bonds. The van der Waals surface area contributed by atoms with E-state index in [0.29, 0.717) is 0 Å². The first-order valence-corrected chi connectivity index (χ1v) is 17.1. The van der Waals surface area contributed by atoms with Crippen LogP contribution in [-0.2, 0) is 46.1 Å². The van der Waals surface area contributed by atoms with Crippen molar-refractivity contribution in [3.63, 3.8) is 0 Å². The van der Waals surface area contributed by atoms with Gasteiger partial charge in [0.1, 0.15) is 0 Å². The summed E-state index contributed by atoms with van der Waals surface area (Å²) in [7, 11) is 0. The van der Waals surface area contributed by atoms with E-state index in [-0.39, 0.29) is 20.4 Å². The molecule has 0 aliphatic carbocycles. The number of benzene rings is 4. The van der Waals surface area contributed by atoms with Crippen molar-refractivity contribution in [2.45, 2.75) is 91.4 Å². The normalized spacial score (nSPS) is 10.2. The molecular formula is C44H54N2Pd. The number of aryl methyl sites for hydroxylation is 2. The Morgan fingerprint density at radius 3 is 1.62 bits per heavy atom. The van der Waals surface area contributed by atoms with E-state index in [9.17, 15) is 0 Å². The van der Waals surface area contributed by atoms with Gasteiger partial charge in [-0.05, 0) is 66.0 Å². The third kappa shape index (κ3) is 17.2. The van der Waals surface area contributed by atoms with E-state index in [2.05, 4.69) is 124 Å². The Kier molecular flexibility index (Phi) is 23.4. The summed E-state index contributed by atoms with van der Waals surface area (Å²) in [5.74, 6) is 2.80. The maximum absolute atomic E-state index is 9.12. The van der Waals surface area contributed by atoms with Crippen molar-refractivity contribution in [3.8, 4) is 0 Å². The van der Waals surface area contributed by atoms with Crippen molar-refractivity contribution in [1.82, 2.24) is 0 Å². The van der Waals surface area contributed by atoms with E-state index in [1.165, 1.54) is 64.6 Å². The zero-order valence-corrected chi connectivity index (χ0v) is 30.4. The summed E-state index contributed by atoms with van der Waals surface area (Å²) in [6, 6.07) is 38.1. The summed E-state index contributed by atoms with van der Waals surface area (Å²) in [5, 5.41) is 0. The van der Waals surface area contributed by atoms with Crippen LogP contribution in [0.25, 0.3) is 11.1 Å². The largest absolute Gasteiger partial charge is 2.00 e. The quantitative estimate of drug-likeness (QED) is 0.0237. The van der Waals surface area contributed by atoms with Gasteiger partial charge in [-0.25, -0.2) is 0 Å². The molecular weight excluding hydrogens is 663 g/mol. The van der Waals surface area contributed by atoms with Crippen molar-refractivity contribution in [3.05, 3.63) is 174 Å². The zero-order valence-electron chi connectivity index (χ0n) is 28.9. The third-order valence-corrected chi connectivity index (χ3v) is 7.78. The van der Waals surface area contributed by atoms with Crippen molar-refractivity contribution < 1.29 is 25.2 Å². The van der Waals surface area contributed by atoms with Crippen LogP contribution >= 0.6 is 0 Å². The Morgan fingerprint density at radius 1 is 0.638 bits per heavy atom. The fourth-order valence-corrected chi connectivity index (χ4v) is 5.00. The molecule has 4 rings (SSSR count). The van der Waals surface area contributed by atoms with E-state index in [1.807, 2.05) is 36.4 Å². The summed E-state index contributed by atoms with van der Waals surface area (Å²) in [4.78, 5) is 3.21. The summed E-state index contributed by atoms with van der Waals surface area (Å²) in [5.41, 5.74) is 18.9. The topological polar surface area (TPSA) is 36.4 Å². The molecule has 4 aromatic rings. The molecule has 0 unspecified atom stereocenters. The van der Waals surface area contributed by atoms with Gasteiger partial charge in [-0.2, -0.15) is 12.8 Å². The first-order valence-electron chi connectivity index (χ1n) is 17.1. The minimum absolute atomic E-state index is 0. The van der Waals surface area contributed by atoms with Gasteiger partial charge in [0.25, 0.3) is 0 Å².